The number of aryl methyl sites for hydroxylation is 3. The lowest BCUT2D eigenvalue weighted by molar-refractivity contribution is 0.195. The first-order valence-corrected chi connectivity index (χ1v) is 17.9. The molecule has 4 aromatic rings. The minimum atomic E-state index is -0.700. The van der Waals surface area contributed by atoms with E-state index in [0.29, 0.717) is 5.02 Å². The maximum Gasteiger partial charge on any atom is 0.122 e. The molecule has 5 nitrogen and oxygen atoms in total. The largest absolute Gasteiger partial charge is 0.382 e. The zero-order valence-corrected chi connectivity index (χ0v) is 30.7. The van der Waals surface area contributed by atoms with Gasteiger partial charge in [-0.05, 0) is 138 Å². The van der Waals surface area contributed by atoms with E-state index in [2.05, 4.69) is 104 Å². The SMILES string of the molecule is Cc1ccc2c(c1Br)CCc1cc(Br)cnc1C2N1CCNCC1.OC1c2ccc(Cl)c(Br)c2CCc2cc(Br)cnc21. The van der Waals surface area contributed by atoms with Crippen LogP contribution < -0.4 is 5.32 Å². The minimum Gasteiger partial charge on any atom is -0.382 e. The summed E-state index contributed by atoms with van der Waals surface area (Å²) in [5.74, 6) is 0. The van der Waals surface area contributed by atoms with Crippen LogP contribution in [0.1, 0.15) is 62.5 Å². The summed E-state index contributed by atoms with van der Waals surface area (Å²) >= 11 is 20.5. The molecular weight excluding hydrogens is 823 g/mol. The van der Waals surface area contributed by atoms with E-state index in [4.69, 9.17) is 16.6 Å². The number of hydrogen-bond acceptors (Lipinski definition) is 5. The van der Waals surface area contributed by atoms with Gasteiger partial charge in [-0.3, -0.25) is 14.9 Å². The summed E-state index contributed by atoms with van der Waals surface area (Å²) < 4.78 is 4.15. The molecule has 2 aliphatic carbocycles. The molecule has 1 saturated heterocycles. The van der Waals surface area contributed by atoms with Gasteiger partial charge < -0.3 is 10.4 Å². The van der Waals surface area contributed by atoms with Crippen molar-refractivity contribution in [3.63, 3.8) is 0 Å². The van der Waals surface area contributed by atoms with Crippen molar-refractivity contribution in [3.8, 4) is 0 Å². The number of aliphatic hydroxyl groups is 1. The molecule has 1 fully saturated rings. The summed E-state index contributed by atoms with van der Waals surface area (Å²) in [6, 6.07) is 12.8. The number of hydrogen-bond donors (Lipinski definition) is 2. The van der Waals surface area contributed by atoms with Gasteiger partial charge in [-0.2, -0.15) is 0 Å². The molecule has 2 atom stereocenters. The van der Waals surface area contributed by atoms with Crippen LogP contribution in [0, 0.1) is 6.92 Å². The Kier molecular flexibility index (Phi) is 10.1. The predicted molar refractivity (Wildman–Crippen MR) is 187 cm³/mol. The minimum absolute atomic E-state index is 0.254. The summed E-state index contributed by atoms with van der Waals surface area (Å²) in [7, 11) is 0. The number of aromatic nitrogens is 2. The Morgan fingerprint density at radius 3 is 2.05 bits per heavy atom. The highest BCUT2D eigenvalue weighted by Gasteiger charge is 2.32. The Morgan fingerprint density at radius 1 is 0.791 bits per heavy atom. The van der Waals surface area contributed by atoms with Crippen molar-refractivity contribution in [3.05, 3.63) is 122 Å². The number of aliphatic hydroxyl groups excluding tert-OH is 1. The first-order valence-electron chi connectivity index (χ1n) is 14.4. The first-order chi connectivity index (χ1) is 20.7. The molecular formula is C33H31Br4ClN4O. The number of nitrogens with zero attached hydrogens (tertiary/aromatic N) is 3. The zero-order valence-electron chi connectivity index (χ0n) is 23.6. The van der Waals surface area contributed by atoms with Crippen molar-refractivity contribution in [2.24, 2.45) is 0 Å². The molecule has 2 aromatic heterocycles. The lowest BCUT2D eigenvalue weighted by Gasteiger charge is -2.36. The Bertz CT molecular complexity index is 1680. The third kappa shape index (κ3) is 6.57. The van der Waals surface area contributed by atoms with E-state index >= 15 is 0 Å². The molecule has 2 unspecified atom stereocenters. The van der Waals surface area contributed by atoms with Crippen LogP contribution in [0.25, 0.3) is 0 Å². The highest BCUT2D eigenvalue weighted by molar-refractivity contribution is 9.11. The van der Waals surface area contributed by atoms with E-state index in [1.54, 1.807) is 12.3 Å². The van der Waals surface area contributed by atoms with Crippen LogP contribution in [0.15, 0.2) is 66.7 Å². The number of rotatable bonds is 1. The summed E-state index contributed by atoms with van der Waals surface area (Å²) in [5, 5.41) is 14.7. The van der Waals surface area contributed by atoms with E-state index in [0.717, 1.165) is 87.7 Å². The number of fused-ring (bicyclic) bond motifs is 4. The van der Waals surface area contributed by atoms with Crippen LogP contribution >= 0.6 is 75.3 Å². The molecule has 2 aromatic carbocycles. The summed E-state index contributed by atoms with van der Waals surface area (Å²) in [6.07, 6.45) is 6.74. The first kappa shape index (κ1) is 31.8. The predicted octanol–water partition coefficient (Wildman–Crippen LogP) is 8.45. The Hall–Kier alpha value is -1.17. The fourth-order valence-electron chi connectivity index (χ4n) is 6.38. The molecule has 3 heterocycles. The topological polar surface area (TPSA) is 61.3 Å². The average molecular weight is 855 g/mol. The monoisotopic (exact) mass is 850 g/mol. The molecule has 0 radical (unpaired) electrons. The van der Waals surface area contributed by atoms with Crippen LogP contribution in [0.2, 0.25) is 5.02 Å². The molecule has 10 heteroatoms. The Labute approximate surface area is 291 Å². The van der Waals surface area contributed by atoms with Crippen LogP contribution in [0.3, 0.4) is 0 Å². The van der Waals surface area contributed by atoms with Crippen LogP contribution in [0.5, 0.6) is 0 Å². The van der Waals surface area contributed by atoms with Gasteiger partial charge in [0.05, 0.1) is 22.5 Å². The van der Waals surface area contributed by atoms with Crippen LogP contribution in [0.4, 0.5) is 0 Å². The van der Waals surface area contributed by atoms with E-state index in [1.165, 1.54) is 32.4 Å². The average Bonchev–Trinajstić information content (AvgIpc) is 3.25. The lowest BCUT2D eigenvalue weighted by atomic mass is 9.95. The number of benzene rings is 2. The summed E-state index contributed by atoms with van der Waals surface area (Å²) in [4.78, 5) is 11.8. The number of nitrogens with one attached hydrogen (secondary N) is 1. The Morgan fingerprint density at radius 2 is 1.37 bits per heavy atom. The quantitative estimate of drug-likeness (QED) is 0.202. The molecule has 0 bridgehead atoms. The maximum absolute atomic E-state index is 10.6. The van der Waals surface area contributed by atoms with Gasteiger partial charge >= 0.3 is 0 Å². The third-order valence-corrected chi connectivity index (χ3v) is 12.0. The number of piperazine rings is 1. The van der Waals surface area contributed by atoms with Gasteiger partial charge in [0.1, 0.15) is 6.10 Å². The molecule has 43 heavy (non-hydrogen) atoms. The van der Waals surface area contributed by atoms with Gasteiger partial charge in [-0.25, -0.2) is 0 Å². The van der Waals surface area contributed by atoms with Gasteiger partial charge in [-0.15, -0.1) is 0 Å². The second-order valence-corrected chi connectivity index (χ2v) is 15.0. The maximum atomic E-state index is 10.6. The number of pyridine rings is 2. The molecule has 7 rings (SSSR count). The van der Waals surface area contributed by atoms with Crippen molar-refractivity contribution in [1.29, 1.82) is 0 Å². The summed E-state index contributed by atoms with van der Waals surface area (Å²) in [5.41, 5.74) is 10.5. The highest BCUT2D eigenvalue weighted by atomic mass is 79.9. The van der Waals surface area contributed by atoms with E-state index in [1.807, 2.05) is 18.3 Å². The fourth-order valence-corrected chi connectivity index (χ4v) is 8.43. The van der Waals surface area contributed by atoms with Crippen molar-refractivity contribution in [1.82, 2.24) is 20.2 Å². The zero-order chi connectivity index (χ0) is 30.2. The molecule has 0 amide bonds. The number of halogens is 5. The molecule has 0 saturated carbocycles. The lowest BCUT2D eigenvalue weighted by Crippen LogP contribution is -2.45. The van der Waals surface area contributed by atoms with Crippen molar-refractivity contribution >= 4 is 75.3 Å². The van der Waals surface area contributed by atoms with Crippen molar-refractivity contribution in [2.45, 2.75) is 44.8 Å². The fraction of sp³-hybridized carbons (Fsp3) is 0.333. The van der Waals surface area contributed by atoms with E-state index < -0.39 is 6.10 Å². The molecule has 3 aliphatic rings. The second-order valence-electron chi connectivity index (χ2n) is 11.2. The van der Waals surface area contributed by atoms with E-state index in [9.17, 15) is 5.11 Å². The second kappa shape index (κ2) is 13.7. The molecule has 2 N–H and O–H groups in total. The standard InChI is InChI=1S/C19H21Br2N3.C14H10Br2ClNO/c1-12-2-4-16-15(17(12)21)5-3-13-10-14(20)11-23-18(13)19(16)24-8-6-22-7-9-24;15-8-5-7-1-2-9-10(3-4-11(17)12(9)16)14(19)13(7)18-6-8/h2,4,10-11,19,22H,3,5-9H2,1H3;3-6,14,19H,1-2H2. The van der Waals surface area contributed by atoms with Crippen LogP contribution in [-0.2, 0) is 25.7 Å². The highest BCUT2D eigenvalue weighted by Crippen LogP contribution is 2.41. The molecule has 1 aliphatic heterocycles. The van der Waals surface area contributed by atoms with Crippen molar-refractivity contribution in [2.75, 3.05) is 26.2 Å². The van der Waals surface area contributed by atoms with Gasteiger partial charge in [0.15, 0.2) is 0 Å². The third-order valence-electron chi connectivity index (χ3n) is 8.55. The molecule has 224 valence electrons. The van der Waals surface area contributed by atoms with E-state index in [-0.39, 0.29) is 6.04 Å². The van der Waals surface area contributed by atoms with Crippen LogP contribution in [-0.4, -0.2) is 46.2 Å². The Balaban J connectivity index is 0.000000157. The van der Waals surface area contributed by atoms with Gasteiger partial charge in [0, 0.05) is 56.5 Å². The smallest absolute Gasteiger partial charge is 0.122 e. The summed E-state index contributed by atoms with van der Waals surface area (Å²) in [6.45, 7) is 6.39. The van der Waals surface area contributed by atoms with Gasteiger partial charge in [-0.1, -0.05) is 45.7 Å². The normalized spacial score (nSPS) is 19.5. The van der Waals surface area contributed by atoms with Crippen molar-refractivity contribution < 1.29 is 5.11 Å². The van der Waals surface area contributed by atoms with Gasteiger partial charge in [0.2, 0.25) is 0 Å². The molecule has 0 spiro atoms. The van der Waals surface area contributed by atoms with Gasteiger partial charge in [0.25, 0.3) is 0 Å².